The largest absolute Gasteiger partial charge is 0.390 e. The molecule has 107 heavy (non-hydrogen) atoms. The molecule has 9 aromatic rings. The van der Waals surface area contributed by atoms with E-state index in [9.17, 15) is 72.5 Å². The van der Waals surface area contributed by atoms with E-state index >= 15 is 4.39 Å². The molecule has 3 saturated heterocycles. The number of anilines is 3. The molecular formula is C73H77F5N11O13S5+. The van der Waals surface area contributed by atoms with Crippen molar-refractivity contribution in [3.05, 3.63) is 153 Å². The first-order chi connectivity index (χ1) is 50.3. The minimum absolute atomic E-state index is 0.00312. The monoisotopic (exact) mass is 1570 g/mol. The molecule has 0 unspecified atom stereocenters. The average molecular weight is 1570 g/mol. The van der Waals surface area contributed by atoms with Crippen LogP contribution in [-0.2, 0) is 34.8 Å². The second-order valence-corrected chi connectivity index (χ2v) is 34.9. The van der Waals surface area contributed by atoms with Gasteiger partial charge in [-0.2, -0.15) is 8.78 Å². The Bertz CT molecular complexity index is 5350. The van der Waals surface area contributed by atoms with Gasteiger partial charge in [-0.3, -0.25) is 33.5 Å². The van der Waals surface area contributed by atoms with Crippen LogP contribution >= 0.6 is 22.7 Å². The number of nitrogens with one attached hydrogen (secondary N) is 3. The quantitative estimate of drug-likeness (QED) is 0.0324. The maximum atomic E-state index is 15.8. The molecular weight excluding hydrogens is 1490 g/mol. The molecule has 0 bridgehead atoms. The molecule has 24 nitrogen and oxygen atoms in total. The predicted molar refractivity (Wildman–Crippen MR) is 396 cm³/mol. The number of aliphatic hydroxyl groups is 3. The van der Waals surface area contributed by atoms with Crippen LogP contribution < -0.4 is 14.2 Å². The fraction of sp³-hybridized carbons (Fsp3) is 0.397. The third-order valence-electron chi connectivity index (χ3n) is 19.7. The Morgan fingerprint density at radius 2 is 1.11 bits per heavy atom. The van der Waals surface area contributed by atoms with Gasteiger partial charge in [0.25, 0.3) is 47.8 Å². The molecule has 0 spiro atoms. The van der Waals surface area contributed by atoms with E-state index in [-0.39, 0.29) is 136 Å². The number of carbonyl (C=O) groups excluding carboxylic acids is 3. The van der Waals surface area contributed by atoms with Crippen LogP contribution in [0.4, 0.5) is 44.7 Å². The van der Waals surface area contributed by atoms with E-state index in [4.69, 9.17) is 4.74 Å². The fourth-order valence-corrected chi connectivity index (χ4v) is 19.0. The molecule has 3 amide bonds. The average Bonchev–Trinajstić information content (AvgIpc) is 1.67. The van der Waals surface area contributed by atoms with Gasteiger partial charge in [-0.15, -0.1) is 22.7 Å². The number of hydrogen-bond acceptors (Lipinski definition) is 19. The summed E-state index contributed by atoms with van der Waals surface area (Å²) < 4.78 is 172. The topological polar surface area (TPSA) is 325 Å². The van der Waals surface area contributed by atoms with Crippen LogP contribution in [0.5, 0.6) is 0 Å². The maximum Gasteiger partial charge on any atom is 0.368 e. The number of halogens is 5. The van der Waals surface area contributed by atoms with Crippen molar-refractivity contribution >= 4 is 125 Å². The van der Waals surface area contributed by atoms with Crippen LogP contribution in [-0.4, -0.2) is 167 Å². The van der Waals surface area contributed by atoms with Crippen LogP contribution in [0, 0.1) is 11.9 Å². The Balaban J connectivity index is 0.791. The summed E-state index contributed by atoms with van der Waals surface area (Å²) >= 11 is 2.27. The van der Waals surface area contributed by atoms with Gasteiger partial charge < -0.3 is 34.8 Å². The highest BCUT2D eigenvalue weighted by molar-refractivity contribution is 7.93. The minimum atomic E-state index is -4.65. The molecule has 3 fully saturated rings. The fourth-order valence-electron chi connectivity index (χ4n) is 13.7. The Hall–Kier alpha value is -8.92. The molecule has 34 heteroatoms. The number of benzene rings is 6. The van der Waals surface area contributed by atoms with Gasteiger partial charge in [0.05, 0.1) is 65.3 Å². The molecule has 0 saturated carbocycles. The van der Waals surface area contributed by atoms with Crippen molar-refractivity contribution < 1.29 is 81.6 Å². The van der Waals surface area contributed by atoms with Gasteiger partial charge in [-0.25, -0.2) is 53.4 Å². The van der Waals surface area contributed by atoms with Gasteiger partial charge in [-0.1, -0.05) is 13.0 Å². The van der Waals surface area contributed by atoms with Crippen molar-refractivity contribution in [2.45, 2.75) is 161 Å². The zero-order chi connectivity index (χ0) is 76.9. The number of sulfonamides is 3. The highest BCUT2D eigenvalue weighted by Gasteiger charge is 2.43. The van der Waals surface area contributed by atoms with Crippen molar-refractivity contribution in [3.8, 4) is 17.2 Å². The number of amides is 3. The Morgan fingerprint density at radius 3 is 1.72 bits per heavy atom. The van der Waals surface area contributed by atoms with E-state index < -0.39 is 99.0 Å². The molecule has 3 aliphatic heterocycles. The molecule has 3 aliphatic rings. The van der Waals surface area contributed by atoms with E-state index in [0.29, 0.717) is 78.2 Å². The summed E-state index contributed by atoms with van der Waals surface area (Å²) in [6.07, 6.45) is 0.940. The van der Waals surface area contributed by atoms with Gasteiger partial charge in [-0.05, 0) is 187 Å². The van der Waals surface area contributed by atoms with Crippen LogP contribution in [0.1, 0.15) is 148 Å². The lowest BCUT2D eigenvalue weighted by atomic mass is 9.85. The minimum Gasteiger partial charge on any atom is -0.390 e. The van der Waals surface area contributed by atoms with Crippen molar-refractivity contribution in [2.75, 3.05) is 53.4 Å². The number of fused-ring (bicyclic) bond motifs is 3. The number of aromatic nitrogens is 4. The molecule has 3 aromatic heterocycles. The van der Waals surface area contributed by atoms with Crippen molar-refractivity contribution in [1.29, 1.82) is 0 Å². The normalized spacial score (nSPS) is 16.5. The van der Waals surface area contributed by atoms with Crippen LogP contribution in [0.15, 0.2) is 135 Å². The summed E-state index contributed by atoms with van der Waals surface area (Å²) in [4.78, 5) is 67.1. The number of nitrogens with zero attached hydrogens (tertiary/aromatic N) is 8. The van der Waals surface area contributed by atoms with Gasteiger partial charge in [0.15, 0.2) is 5.52 Å². The molecule has 6 heterocycles. The van der Waals surface area contributed by atoms with Crippen LogP contribution in [0.2, 0.25) is 0 Å². The molecule has 12 rings (SSSR count). The van der Waals surface area contributed by atoms with Crippen molar-refractivity contribution in [1.82, 2.24) is 34.6 Å². The number of ether oxygens (including phenoxy) is 1. The number of rotatable bonds is 23. The summed E-state index contributed by atoms with van der Waals surface area (Å²) in [6, 6.07) is 24.1. The van der Waals surface area contributed by atoms with Gasteiger partial charge in [0, 0.05) is 87.9 Å². The Labute approximate surface area is 622 Å². The van der Waals surface area contributed by atoms with Gasteiger partial charge >= 0.3 is 17.9 Å². The van der Waals surface area contributed by atoms with E-state index in [2.05, 4.69) is 45.0 Å². The summed E-state index contributed by atoms with van der Waals surface area (Å²) in [5.41, 5.74) is -1.48. The van der Waals surface area contributed by atoms with Crippen molar-refractivity contribution in [2.24, 2.45) is 0 Å². The highest BCUT2D eigenvalue weighted by atomic mass is 32.2. The zero-order valence-corrected chi connectivity index (χ0v) is 62.8. The molecule has 0 radical (unpaired) electrons. The Morgan fingerprint density at radius 1 is 0.589 bits per heavy atom. The first-order valence-corrected chi connectivity index (χ1v) is 40.6. The number of hydrogen-bond donors (Lipinski definition) is 6. The van der Waals surface area contributed by atoms with Crippen LogP contribution in [0.25, 0.3) is 47.4 Å². The van der Waals surface area contributed by atoms with E-state index in [1.54, 1.807) is 31.7 Å². The number of piperidine rings is 3. The SMILES string of the molecule is CCC1(OC(C)(F)F)CCN(C(=O)c2ccc(NS(=O)(=O)c3ccc([N+]#Cc4cc(NS(=O)(=O)c5ccc(-c6cc(S(=O)(=O)Nc7ccc(C(=O)N8CCC(O)(CCCC(C)(C)O)CC8)cc7)c7ncsc7c6)c6scnc56)ccc4C(=O)N4CCC(O)(CCC(C)(F)F)CC4)c4nccnc34)cc2F)CC1. The van der Waals surface area contributed by atoms with Gasteiger partial charge in [0.2, 0.25) is 5.92 Å². The first kappa shape index (κ1) is 77.7. The molecule has 0 aliphatic carbocycles. The Kier molecular flexibility index (Phi) is 21.7. The van der Waals surface area contributed by atoms with E-state index in [1.165, 1.54) is 117 Å². The summed E-state index contributed by atoms with van der Waals surface area (Å²) in [7, 11) is -13.7. The molecule has 6 aromatic carbocycles. The van der Waals surface area contributed by atoms with E-state index in [1.807, 2.05) is 0 Å². The van der Waals surface area contributed by atoms with Crippen molar-refractivity contribution in [3.63, 3.8) is 0 Å². The smallest absolute Gasteiger partial charge is 0.368 e. The second-order valence-electron chi connectivity index (χ2n) is 28.2. The molecule has 566 valence electrons. The zero-order valence-electron chi connectivity index (χ0n) is 58.7. The number of thiazole rings is 2. The number of carbonyl (C=O) groups is 3. The third kappa shape index (κ3) is 17.8. The summed E-state index contributed by atoms with van der Waals surface area (Å²) in [5.74, 6) is -5.77. The predicted octanol–water partition coefficient (Wildman–Crippen LogP) is 13.4. The number of likely N-dealkylation sites (tertiary alicyclic amines) is 3. The van der Waals surface area contributed by atoms with Crippen LogP contribution in [0.3, 0.4) is 0 Å². The lowest BCUT2D eigenvalue weighted by Crippen LogP contribution is -2.50. The van der Waals surface area contributed by atoms with E-state index in [0.717, 1.165) is 36.5 Å². The second kappa shape index (κ2) is 29.9. The summed E-state index contributed by atoms with van der Waals surface area (Å²) in [5, 5.41) is 32.6. The first-order valence-electron chi connectivity index (χ1n) is 34.4. The lowest BCUT2D eigenvalue weighted by molar-refractivity contribution is -0.292. The maximum absolute atomic E-state index is 15.8. The molecule has 0 atom stereocenters. The number of alkyl halides is 4. The summed E-state index contributed by atoms with van der Waals surface area (Å²) in [6.45, 7) is 7.03. The lowest BCUT2D eigenvalue weighted by Gasteiger charge is -2.42. The third-order valence-corrected chi connectivity index (χ3v) is 25.5. The highest BCUT2D eigenvalue weighted by Crippen LogP contribution is 2.42. The van der Waals surface area contributed by atoms with Gasteiger partial charge in [0.1, 0.15) is 42.6 Å². The standard InChI is InChI=1S/C73H76F5N11O13S5/c1-6-73(102-70(5,77)78)28-36-89(37-29-73)67(92)53-15-13-50(41-54(53)74)86-105(96,97)57-19-17-55(60-62(57)80-31-30-79-60)81-42-47-38-49(12-14-52(47)66(91)88-34-26-72(95,27-35-88)23-22-69(4,75)76)85-106(98,99)58-18-16-51(64-63(58)83-44-104-64)46-39-56-61(82-43-103-56)59(40-46)107(100,101)84-48-10-8-45(9-11-48)65(90)87-32-24-71(94,25-33-87)21-7-20-68(2,3)93/h8-19,30-31,38-41,43-44,93-95H,6-7,20-29,32-37H2,1-5H3,(H2-,84,85,86,90,91,92)/p+1. The molecule has 6 N–H and O–H groups in total.